The summed E-state index contributed by atoms with van der Waals surface area (Å²) in [6.45, 7) is 3.09. The average Bonchev–Trinajstić information content (AvgIpc) is 3.14. The van der Waals surface area contributed by atoms with E-state index < -0.39 is 0 Å². The summed E-state index contributed by atoms with van der Waals surface area (Å²) in [5, 5.41) is 12.8. The van der Waals surface area contributed by atoms with Gasteiger partial charge in [0.1, 0.15) is 0 Å². The maximum absolute atomic E-state index is 12.1. The molecule has 4 rings (SSSR count). The lowest BCUT2D eigenvalue weighted by Crippen LogP contribution is -2.13. The van der Waals surface area contributed by atoms with Gasteiger partial charge >= 0.3 is 0 Å². The summed E-state index contributed by atoms with van der Waals surface area (Å²) in [5.41, 5.74) is 3.79. The van der Waals surface area contributed by atoms with Crippen LogP contribution in [0.25, 0.3) is 10.9 Å². The molecule has 1 amide bonds. The standard InChI is InChI=1S/C20H17ClN4O/c1-2-9-25-12-13(15-5-3-4-6-18(15)25)11-22-24-19-16-10-14(21)7-8-17(16)23-20(19)26/h3-8,10-12H,2,9H2,1H3,(H,23,24,26)/b22-11-. The third-order valence-electron chi connectivity index (χ3n) is 4.34. The molecule has 0 fully saturated rings. The molecule has 130 valence electrons. The fourth-order valence-electron chi connectivity index (χ4n) is 3.18. The zero-order valence-corrected chi connectivity index (χ0v) is 15.0. The lowest BCUT2D eigenvalue weighted by Gasteiger charge is -2.00. The molecule has 0 saturated heterocycles. The first kappa shape index (κ1) is 16.5. The number of amides is 1. The van der Waals surface area contributed by atoms with E-state index in [1.54, 1.807) is 24.4 Å². The van der Waals surface area contributed by atoms with Crippen molar-refractivity contribution in [2.75, 3.05) is 5.32 Å². The molecule has 1 aromatic heterocycles. The predicted octanol–water partition coefficient (Wildman–Crippen LogP) is 4.48. The number of anilines is 1. The van der Waals surface area contributed by atoms with Crippen LogP contribution < -0.4 is 5.32 Å². The van der Waals surface area contributed by atoms with E-state index >= 15 is 0 Å². The van der Waals surface area contributed by atoms with Crippen molar-refractivity contribution in [3.05, 3.63) is 64.8 Å². The van der Waals surface area contributed by atoms with Gasteiger partial charge in [-0.3, -0.25) is 4.79 Å². The number of aromatic nitrogens is 1. The molecule has 3 aromatic rings. The molecule has 1 aliphatic heterocycles. The molecule has 0 radical (unpaired) electrons. The Morgan fingerprint density at radius 1 is 1.23 bits per heavy atom. The van der Waals surface area contributed by atoms with Crippen molar-refractivity contribution in [3.63, 3.8) is 0 Å². The zero-order chi connectivity index (χ0) is 18.1. The second kappa shape index (κ2) is 6.77. The van der Waals surface area contributed by atoms with Crippen molar-refractivity contribution < 1.29 is 4.79 Å². The molecule has 0 saturated carbocycles. The second-order valence-corrected chi connectivity index (χ2v) is 6.57. The highest BCUT2D eigenvalue weighted by Crippen LogP contribution is 2.27. The zero-order valence-electron chi connectivity index (χ0n) is 14.2. The predicted molar refractivity (Wildman–Crippen MR) is 106 cm³/mol. The number of hydrogen-bond donors (Lipinski definition) is 1. The van der Waals surface area contributed by atoms with Crippen LogP contribution >= 0.6 is 11.6 Å². The summed E-state index contributed by atoms with van der Waals surface area (Å²) in [6, 6.07) is 13.4. The van der Waals surface area contributed by atoms with Gasteiger partial charge in [-0.2, -0.15) is 5.10 Å². The van der Waals surface area contributed by atoms with Crippen molar-refractivity contribution in [2.45, 2.75) is 19.9 Å². The number of carbonyl (C=O) groups excluding carboxylic acids is 1. The lowest BCUT2D eigenvalue weighted by molar-refractivity contribution is -0.110. The Kier molecular flexibility index (Phi) is 4.31. The van der Waals surface area contributed by atoms with Crippen molar-refractivity contribution in [2.24, 2.45) is 10.2 Å². The summed E-state index contributed by atoms with van der Waals surface area (Å²) >= 11 is 6.03. The molecule has 0 unspecified atom stereocenters. The van der Waals surface area contributed by atoms with Crippen molar-refractivity contribution in [1.29, 1.82) is 0 Å². The first-order chi connectivity index (χ1) is 12.7. The molecule has 1 N–H and O–H groups in total. The molecule has 0 atom stereocenters. The Morgan fingerprint density at radius 2 is 2.08 bits per heavy atom. The first-order valence-corrected chi connectivity index (χ1v) is 8.85. The topological polar surface area (TPSA) is 58.8 Å². The van der Waals surface area contributed by atoms with E-state index in [1.807, 2.05) is 12.1 Å². The van der Waals surface area contributed by atoms with Crippen LogP contribution in [-0.2, 0) is 11.3 Å². The third kappa shape index (κ3) is 2.91. The van der Waals surface area contributed by atoms with Gasteiger partial charge < -0.3 is 9.88 Å². The minimum atomic E-state index is -0.271. The number of halogens is 1. The quantitative estimate of drug-likeness (QED) is 0.538. The summed E-state index contributed by atoms with van der Waals surface area (Å²) in [6.07, 6.45) is 4.81. The molecule has 2 heterocycles. The van der Waals surface area contributed by atoms with Gasteiger partial charge in [-0.15, -0.1) is 5.10 Å². The van der Waals surface area contributed by atoms with Crippen LogP contribution in [0.5, 0.6) is 0 Å². The largest absolute Gasteiger partial charge is 0.347 e. The van der Waals surface area contributed by atoms with Crippen LogP contribution in [0.3, 0.4) is 0 Å². The summed E-state index contributed by atoms with van der Waals surface area (Å²) in [5.74, 6) is -0.271. The molecule has 0 spiro atoms. The maximum atomic E-state index is 12.1. The van der Waals surface area contributed by atoms with E-state index in [-0.39, 0.29) is 11.6 Å². The van der Waals surface area contributed by atoms with Gasteiger partial charge in [-0.05, 0) is 30.7 Å². The van der Waals surface area contributed by atoms with Gasteiger partial charge in [0.15, 0.2) is 5.71 Å². The van der Waals surface area contributed by atoms with Crippen LogP contribution in [0.1, 0.15) is 24.5 Å². The minimum Gasteiger partial charge on any atom is -0.347 e. The minimum absolute atomic E-state index is 0.271. The van der Waals surface area contributed by atoms with Crippen LogP contribution in [0.2, 0.25) is 5.02 Å². The van der Waals surface area contributed by atoms with E-state index in [4.69, 9.17) is 11.6 Å². The number of carbonyl (C=O) groups is 1. The number of nitrogens with one attached hydrogen (secondary N) is 1. The highest BCUT2D eigenvalue weighted by Gasteiger charge is 2.26. The van der Waals surface area contributed by atoms with E-state index in [0.717, 1.165) is 23.9 Å². The number of benzene rings is 2. The van der Waals surface area contributed by atoms with Gasteiger partial charge in [-0.1, -0.05) is 36.7 Å². The molecular formula is C20H17ClN4O. The van der Waals surface area contributed by atoms with Crippen LogP contribution in [0.4, 0.5) is 5.69 Å². The summed E-state index contributed by atoms with van der Waals surface area (Å²) < 4.78 is 2.21. The Bertz CT molecular complexity index is 1060. The number of fused-ring (bicyclic) bond motifs is 2. The fourth-order valence-corrected chi connectivity index (χ4v) is 3.35. The number of hydrogen-bond acceptors (Lipinski definition) is 3. The van der Waals surface area contributed by atoms with Gasteiger partial charge in [0.25, 0.3) is 5.91 Å². The smallest absolute Gasteiger partial charge is 0.276 e. The van der Waals surface area contributed by atoms with Crippen molar-refractivity contribution in [3.8, 4) is 0 Å². The third-order valence-corrected chi connectivity index (χ3v) is 4.57. The average molecular weight is 365 g/mol. The summed E-state index contributed by atoms with van der Waals surface area (Å²) in [4.78, 5) is 12.1. The molecule has 6 heteroatoms. The number of rotatable bonds is 4. The molecule has 2 aromatic carbocycles. The number of aryl methyl sites for hydroxylation is 1. The highest BCUT2D eigenvalue weighted by molar-refractivity contribution is 6.54. The van der Waals surface area contributed by atoms with E-state index in [2.05, 4.69) is 45.3 Å². The van der Waals surface area contributed by atoms with Gasteiger partial charge in [0.05, 0.1) is 11.9 Å². The Labute approximate surface area is 156 Å². The molecule has 1 aliphatic rings. The Balaban J connectivity index is 1.70. The molecule has 26 heavy (non-hydrogen) atoms. The van der Waals surface area contributed by atoms with E-state index in [9.17, 15) is 4.79 Å². The number of nitrogens with zero attached hydrogens (tertiary/aromatic N) is 3. The van der Waals surface area contributed by atoms with Crippen LogP contribution in [0.15, 0.2) is 58.9 Å². The van der Waals surface area contributed by atoms with Crippen LogP contribution in [0, 0.1) is 0 Å². The molecule has 0 aliphatic carbocycles. The number of para-hydroxylation sites is 1. The summed E-state index contributed by atoms with van der Waals surface area (Å²) in [7, 11) is 0. The first-order valence-electron chi connectivity index (χ1n) is 8.47. The fraction of sp³-hybridized carbons (Fsp3) is 0.150. The molecular weight excluding hydrogens is 348 g/mol. The Morgan fingerprint density at radius 3 is 2.92 bits per heavy atom. The Hall–Kier alpha value is -2.92. The maximum Gasteiger partial charge on any atom is 0.276 e. The SMILES string of the molecule is CCCn1cc(/C=N\N=C2\C(=O)Nc3ccc(Cl)cc32)c2ccccc21. The second-order valence-electron chi connectivity index (χ2n) is 6.13. The lowest BCUT2D eigenvalue weighted by atomic mass is 10.1. The van der Waals surface area contributed by atoms with Crippen LogP contribution in [-0.4, -0.2) is 22.4 Å². The van der Waals surface area contributed by atoms with E-state index in [0.29, 0.717) is 16.3 Å². The normalized spacial score (nSPS) is 15.2. The van der Waals surface area contributed by atoms with E-state index in [1.165, 1.54) is 5.52 Å². The van der Waals surface area contributed by atoms with Gasteiger partial charge in [-0.25, -0.2) is 0 Å². The van der Waals surface area contributed by atoms with Gasteiger partial charge in [0, 0.05) is 39.8 Å². The van der Waals surface area contributed by atoms with Crippen molar-refractivity contribution >= 4 is 46.0 Å². The monoisotopic (exact) mass is 364 g/mol. The molecule has 5 nitrogen and oxygen atoms in total. The van der Waals surface area contributed by atoms with Gasteiger partial charge in [0.2, 0.25) is 0 Å². The molecule has 0 bridgehead atoms. The van der Waals surface area contributed by atoms with Crippen molar-refractivity contribution in [1.82, 2.24) is 4.57 Å². The highest BCUT2D eigenvalue weighted by atomic mass is 35.5.